The Morgan fingerprint density at radius 2 is 1.71 bits per heavy atom. The highest BCUT2D eigenvalue weighted by Crippen LogP contribution is 2.29. The Bertz CT molecular complexity index is 900. The fourth-order valence-electron chi connectivity index (χ4n) is 3.33. The van der Waals surface area contributed by atoms with Crippen molar-refractivity contribution in [1.29, 1.82) is 5.26 Å². The van der Waals surface area contributed by atoms with Crippen LogP contribution in [0.2, 0.25) is 5.02 Å². The van der Waals surface area contributed by atoms with Crippen LogP contribution in [0.5, 0.6) is 0 Å². The molecule has 1 atom stereocenters. The summed E-state index contributed by atoms with van der Waals surface area (Å²) >= 11 is 6.30. The fourth-order valence-corrected chi connectivity index (χ4v) is 3.57. The predicted molar refractivity (Wildman–Crippen MR) is 105 cm³/mol. The normalized spacial score (nSPS) is 15.5. The molecule has 1 unspecified atom stereocenters. The third-order valence-electron chi connectivity index (χ3n) is 4.85. The van der Waals surface area contributed by atoms with Crippen LogP contribution in [0.1, 0.15) is 27.5 Å². The highest BCUT2D eigenvalue weighted by Gasteiger charge is 2.33. The molecule has 0 aromatic heterocycles. The molecule has 3 rings (SSSR count). The minimum Gasteiger partial charge on any atom is -0.468 e. The van der Waals surface area contributed by atoms with Crippen molar-refractivity contribution in [3.63, 3.8) is 0 Å². The van der Waals surface area contributed by atoms with Crippen molar-refractivity contribution in [3.05, 3.63) is 70.2 Å². The molecule has 0 radical (unpaired) electrons. The standard InChI is InChI=1S/C21H20ClN3O3/c1-28-21(27)19(17-4-2-3-5-18(17)22)24-10-12-25(13-11-24)20(26)16-8-6-15(14-23)7-9-16/h2-9,19H,10-13H2,1H3. The average Bonchev–Trinajstić information content (AvgIpc) is 2.75. The van der Waals surface area contributed by atoms with E-state index in [2.05, 4.69) is 0 Å². The second-order valence-corrected chi connectivity index (χ2v) is 6.87. The Morgan fingerprint density at radius 3 is 2.29 bits per heavy atom. The lowest BCUT2D eigenvalue weighted by atomic mass is 10.0. The van der Waals surface area contributed by atoms with E-state index in [0.29, 0.717) is 47.9 Å². The molecule has 6 nitrogen and oxygen atoms in total. The molecule has 1 fully saturated rings. The van der Waals surface area contributed by atoms with Gasteiger partial charge in [-0.25, -0.2) is 4.79 Å². The molecular formula is C21H20ClN3O3. The summed E-state index contributed by atoms with van der Waals surface area (Å²) in [5.41, 5.74) is 1.76. The number of nitriles is 1. The van der Waals surface area contributed by atoms with E-state index in [-0.39, 0.29) is 11.9 Å². The van der Waals surface area contributed by atoms with Gasteiger partial charge in [0.25, 0.3) is 5.91 Å². The predicted octanol–water partition coefficient (Wildman–Crippen LogP) is 2.88. The van der Waals surface area contributed by atoms with E-state index in [1.165, 1.54) is 7.11 Å². The summed E-state index contributed by atoms with van der Waals surface area (Å²) in [4.78, 5) is 28.9. The number of hydrogen-bond donors (Lipinski definition) is 0. The first-order chi connectivity index (χ1) is 13.5. The van der Waals surface area contributed by atoms with Crippen molar-refractivity contribution in [2.75, 3.05) is 33.3 Å². The van der Waals surface area contributed by atoms with E-state index in [0.717, 1.165) is 0 Å². The average molecular weight is 398 g/mol. The third-order valence-corrected chi connectivity index (χ3v) is 5.20. The minimum atomic E-state index is -0.606. The number of esters is 1. The van der Waals surface area contributed by atoms with Gasteiger partial charge in [0, 0.05) is 36.8 Å². The van der Waals surface area contributed by atoms with Crippen molar-refractivity contribution in [3.8, 4) is 6.07 Å². The first kappa shape index (κ1) is 19.9. The van der Waals surface area contributed by atoms with Crippen LogP contribution in [0.3, 0.4) is 0 Å². The molecule has 2 aromatic carbocycles. The second kappa shape index (κ2) is 8.87. The molecule has 2 aromatic rings. The molecule has 1 saturated heterocycles. The monoisotopic (exact) mass is 397 g/mol. The van der Waals surface area contributed by atoms with E-state index in [1.807, 2.05) is 29.2 Å². The van der Waals surface area contributed by atoms with E-state index < -0.39 is 6.04 Å². The fraction of sp³-hybridized carbons (Fsp3) is 0.286. The van der Waals surface area contributed by atoms with Gasteiger partial charge in [0.05, 0.1) is 18.7 Å². The van der Waals surface area contributed by atoms with Gasteiger partial charge in [-0.15, -0.1) is 0 Å². The zero-order valence-corrected chi connectivity index (χ0v) is 16.2. The Kier molecular flexibility index (Phi) is 6.30. The Hall–Kier alpha value is -2.88. The van der Waals surface area contributed by atoms with Crippen LogP contribution >= 0.6 is 11.6 Å². The number of benzene rings is 2. The minimum absolute atomic E-state index is 0.0866. The largest absolute Gasteiger partial charge is 0.468 e. The van der Waals surface area contributed by atoms with Gasteiger partial charge in [-0.05, 0) is 35.9 Å². The van der Waals surface area contributed by atoms with Gasteiger partial charge < -0.3 is 9.64 Å². The molecule has 1 amide bonds. The number of methoxy groups -OCH3 is 1. The molecule has 0 N–H and O–H groups in total. The molecule has 0 saturated carbocycles. The summed E-state index contributed by atoms with van der Waals surface area (Å²) < 4.78 is 4.99. The van der Waals surface area contributed by atoms with Gasteiger partial charge in [-0.2, -0.15) is 5.26 Å². The lowest BCUT2D eigenvalue weighted by Crippen LogP contribution is -2.51. The lowest BCUT2D eigenvalue weighted by molar-refractivity contribution is -0.148. The maximum absolute atomic E-state index is 12.7. The molecule has 0 spiro atoms. The van der Waals surface area contributed by atoms with Crippen LogP contribution in [-0.2, 0) is 9.53 Å². The molecule has 7 heteroatoms. The molecule has 144 valence electrons. The molecule has 1 aliphatic heterocycles. The quantitative estimate of drug-likeness (QED) is 0.741. The summed E-state index contributed by atoms with van der Waals surface area (Å²) in [7, 11) is 1.36. The number of carbonyl (C=O) groups is 2. The van der Waals surface area contributed by atoms with Crippen LogP contribution < -0.4 is 0 Å². The van der Waals surface area contributed by atoms with Crippen molar-refractivity contribution in [2.45, 2.75) is 6.04 Å². The number of hydrogen-bond acceptors (Lipinski definition) is 5. The zero-order valence-electron chi connectivity index (χ0n) is 15.5. The van der Waals surface area contributed by atoms with Crippen LogP contribution in [0.4, 0.5) is 0 Å². The zero-order chi connectivity index (χ0) is 20.1. The van der Waals surface area contributed by atoms with Gasteiger partial charge >= 0.3 is 5.97 Å². The molecule has 1 heterocycles. The van der Waals surface area contributed by atoms with Crippen LogP contribution in [-0.4, -0.2) is 55.0 Å². The number of ether oxygens (including phenoxy) is 1. The SMILES string of the molecule is COC(=O)C(c1ccccc1Cl)N1CCN(C(=O)c2ccc(C#N)cc2)CC1. The molecule has 28 heavy (non-hydrogen) atoms. The smallest absolute Gasteiger partial charge is 0.327 e. The maximum atomic E-state index is 12.7. The first-order valence-electron chi connectivity index (χ1n) is 8.91. The summed E-state index contributed by atoms with van der Waals surface area (Å²) in [5, 5.41) is 9.39. The van der Waals surface area contributed by atoms with Crippen molar-refractivity contribution in [1.82, 2.24) is 9.80 Å². The summed E-state index contributed by atoms with van der Waals surface area (Å²) in [6, 6.07) is 15.2. The van der Waals surface area contributed by atoms with Gasteiger partial charge in [0.2, 0.25) is 0 Å². The van der Waals surface area contributed by atoms with E-state index in [1.54, 1.807) is 35.2 Å². The van der Waals surface area contributed by atoms with Crippen molar-refractivity contribution >= 4 is 23.5 Å². The number of amides is 1. The number of nitrogens with zero attached hydrogens (tertiary/aromatic N) is 3. The van der Waals surface area contributed by atoms with Crippen molar-refractivity contribution < 1.29 is 14.3 Å². The number of halogens is 1. The summed E-state index contributed by atoms with van der Waals surface area (Å²) in [6.45, 7) is 2.01. The molecular weight excluding hydrogens is 378 g/mol. The Labute approximate surface area is 168 Å². The highest BCUT2D eigenvalue weighted by atomic mass is 35.5. The number of carbonyl (C=O) groups excluding carboxylic acids is 2. The summed E-state index contributed by atoms with van der Waals surface area (Å²) in [6.07, 6.45) is 0. The van der Waals surface area contributed by atoms with Crippen LogP contribution in [0, 0.1) is 11.3 Å². The summed E-state index contributed by atoms with van der Waals surface area (Å²) in [5.74, 6) is -0.462. The maximum Gasteiger partial charge on any atom is 0.327 e. The van der Waals surface area contributed by atoms with E-state index >= 15 is 0 Å². The third kappa shape index (κ3) is 4.16. The van der Waals surface area contributed by atoms with Gasteiger partial charge in [0.15, 0.2) is 0 Å². The molecule has 0 bridgehead atoms. The van der Waals surface area contributed by atoms with Gasteiger partial charge in [-0.1, -0.05) is 29.8 Å². The Morgan fingerprint density at radius 1 is 1.07 bits per heavy atom. The first-order valence-corrected chi connectivity index (χ1v) is 9.28. The van der Waals surface area contributed by atoms with Gasteiger partial charge in [0.1, 0.15) is 6.04 Å². The van der Waals surface area contributed by atoms with Crippen molar-refractivity contribution in [2.24, 2.45) is 0 Å². The number of rotatable bonds is 4. The topological polar surface area (TPSA) is 73.6 Å². The van der Waals surface area contributed by atoms with E-state index in [9.17, 15) is 9.59 Å². The van der Waals surface area contributed by atoms with Crippen LogP contribution in [0.15, 0.2) is 48.5 Å². The van der Waals surface area contributed by atoms with Crippen LogP contribution in [0.25, 0.3) is 0 Å². The highest BCUT2D eigenvalue weighted by molar-refractivity contribution is 6.31. The van der Waals surface area contributed by atoms with E-state index in [4.69, 9.17) is 21.6 Å². The number of piperazine rings is 1. The lowest BCUT2D eigenvalue weighted by Gasteiger charge is -2.38. The Balaban J connectivity index is 1.72. The van der Waals surface area contributed by atoms with Gasteiger partial charge in [-0.3, -0.25) is 9.69 Å². The molecule has 1 aliphatic rings. The second-order valence-electron chi connectivity index (χ2n) is 6.46. The molecule has 0 aliphatic carbocycles.